The zero-order valence-corrected chi connectivity index (χ0v) is 14.8. The highest BCUT2D eigenvalue weighted by atomic mass is 79.9. The van der Waals surface area contributed by atoms with Gasteiger partial charge in [-0.2, -0.15) is 0 Å². The van der Waals surface area contributed by atoms with Crippen molar-refractivity contribution in [2.24, 2.45) is 5.14 Å². The van der Waals surface area contributed by atoms with Crippen LogP contribution in [0.2, 0.25) is 0 Å². The molecule has 7 heteroatoms. The van der Waals surface area contributed by atoms with E-state index < -0.39 is 10.0 Å². The topological polar surface area (TPSA) is 78.6 Å². The van der Waals surface area contributed by atoms with Gasteiger partial charge in [0.05, 0.1) is 11.7 Å². The highest BCUT2D eigenvalue weighted by Crippen LogP contribution is 2.33. The van der Waals surface area contributed by atoms with Gasteiger partial charge in [-0.15, -0.1) is 0 Å². The van der Waals surface area contributed by atoms with Crippen LogP contribution in [0.4, 0.5) is 0 Å². The molecule has 1 saturated heterocycles. The Labute approximate surface area is 134 Å². The lowest BCUT2D eigenvalue weighted by Gasteiger charge is -2.20. The van der Waals surface area contributed by atoms with Crippen LogP contribution in [0.3, 0.4) is 0 Å². The minimum atomic E-state index is -3.84. The Morgan fingerprint density at radius 3 is 2.67 bits per heavy atom. The first-order valence-electron chi connectivity index (χ1n) is 6.72. The summed E-state index contributed by atoms with van der Waals surface area (Å²) < 4.78 is 35.6. The van der Waals surface area contributed by atoms with Crippen LogP contribution in [0.25, 0.3) is 0 Å². The van der Waals surface area contributed by atoms with Crippen LogP contribution in [0, 0.1) is 6.92 Å². The van der Waals surface area contributed by atoms with E-state index in [4.69, 9.17) is 14.6 Å². The molecule has 5 nitrogen and oxygen atoms in total. The van der Waals surface area contributed by atoms with Gasteiger partial charge in [-0.3, -0.25) is 0 Å². The van der Waals surface area contributed by atoms with Crippen LogP contribution in [0.1, 0.15) is 32.3 Å². The lowest BCUT2D eigenvalue weighted by molar-refractivity contribution is -0.0331. The predicted molar refractivity (Wildman–Crippen MR) is 83.9 cm³/mol. The van der Waals surface area contributed by atoms with Gasteiger partial charge >= 0.3 is 0 Å². The molecule has 1 unspecified atom stereocenters. The Kier molecular flexibility index (Phi) is 4.68. The van der Waals surface area contributed by atoms with Crippen LogP contribution < -0.4 is 9.88 Å². The number of sulfonamides is 1. The molecule has 1 fully saturated rings. The van der Waals surface area contributed by atoms with Gasteiger partial charge in [0.2, 0.25) is 10.0 Å². The van der Waals surface area contributed by atoms with Gasteiger partial charge in [0, 0.05) is 4.47 Å². The highest BCUT2D eigenvalue weighted by molar-refractivity contribution is 9.10. The fourth-order valence-electron chi connectivity index (χ4n) is 2.47. The molecule has 0 amide bonds. The fourth-order valence-corrected chi connectivity index (χ4v) is 3.96. The maximum Gasteiger partial charge on any atom is 0.241 e. The molecule has 1 aliphatic heterocycles. The summed E-state index contributed by atoms with van der Waals surface area (Å²) in [6.45, 7) is 6.17. The number of rotatable bonds is 4. The monoisotopic (exact) mass is 377 g/mol. The number of primary sulfonamides is 1. The summed E-state index contributed by atoms with van der Waals surface area (Å²) in [7, 11) is -3.84. The molecule has 2 rings (SSSR count). The first-order valence-corrected chi connectivity index (χ1v) is 9.06. The maximum absolute atomic E-state index is 11.7. The van der Waals surface area contributed by atoms with Crippen molar-refractivity contribution in [3.8, 4) is 5.75 Å². The van der Waals surface area contributed by atoms with Crippen molar-refractivity contribution in [1.82, 2.24) is 0 Å². The van der Waals surface area contributed by atoms with Gasteiger partial charge in [-0.1, -0.05) is 15.9 Å². The normalized spacial score (nSPS) is 21.5. The molecule has 1 aliphatic rings. The van der Waals surface area contributed by atoms with Gasteiger partial charge in [0.1, 0.15) is 17.3 Å². The molecule has 0 aliphatic carbocycles. The fraction of sp³-hybridized carbons (Fsp3) is 0.571. The lowest BCUT2D eigenvalue weighted by Crippen LogP contribution is -2.24. The molecule has 0 radical (unpaired) electrons. The highest BCUT2D eigenvalue weighted by Gasteiger charge is 2.32. The van der Waals surface area contributed by atoms with Gasteiger partial charge in [-0.05, 0) is 51.3 Å². The molecular formula is C14H20BrNO4S. The zero-order chi connectivity index (χ0) is 15.8. The summed E-state index contributed by atoms with van der Waals surface area (Å²) in [5, 5.41) is 5.26. The van der Waals surface area contributed by atoms with E-state index in [-0.39, 0.29) is 16.6 Å². The van der Waals surface area contributed by atoms with Crippen molar-refractivity contribution in [1.29, 1.82) is 0 Å². The van der Waals surface area contributed by atoms with E-state index in [1.807, 2.05) is 13.8 Å². The van der Waals surface area contributed by atoms with Crippen LogP contribution in [-0.2, 0) is 14.8 Å². The molecule has 0 saturated carbocycles. The molecule has 118 valence electrons. The predicted octanol–water partition coefficient (Wildman–Crippen LogP) is 2.74. The summed E-state index contributed by atoms with van der Waals surface area (Å²) >= 11 is 3.27. The zero-order valence-electron chi connectivity index (χ0n) is 12.3. The molecule has 0 bridgehead atoms. The third kappa shape index (κ3) is 4.18. The second kappa shape index (κ2) is 5.87. The Hall–Kier alpha value is -0.630. The second-order valence-electron chi connectivity index (χ2n) is 5.94. The maximum atomic E-state index is 11.7. The van der Waals surface area contributed by atoms with Crippen molar-refractivity contribution >= 4 is 26.0 Å². The Morgan fingerprint density at radius 1 is 1.48 bits per heavy atom. The third-order valence-electron chi connectivity index (χ3n) is 3.48. The molecule has 1 atom stereocenters. The first-order chi connectivity index (χ1) is 9.58. The summed E-state index contributed by atoms with van der Waals surface area (Å²) in [4.78, 5) is -0.00775. The van der Waals surface area contributed by atoms with E-state index in [0.717, 1.165) is 12.8 Å². The lowest BCUT2D eigenvalue weighted by atomic mass is 10.1. The number of hydrogen-bond acceptors (Lipinski definition) is 4. The first kappa shape index (κ1) is 16.7. The van der Waals surface area contributed by atoms with Crippen molar-refractivity contribution in [3.05, 3.63) is 22.2 Å². The summed E-state index contributed by atoms with van der Waals surface area (Å²) in [5.74, 6) is 0.300. The van der Waals surface area contributed by atoms with Gasteiger partial charge < -0.3 is 9.47 Å². The van der Waals surface area contributed by atoms with Crippen LogP contribution >= 0.6 is 15.9 Å². The number of nitrogens with two attached hydrogens (primary N) is 1. The van der Waals surface area contributed by atoms with Crippen molar-refractivity contribution in [3.63, 3.8) is 0 Å². The molecule has 1 aromatic carbocycles. The molecule has 0 aromatic heterocycles. The van der Waals surface area contributed by atoms with E-state index in [9.17, 15) is 8.42 Å². The SMILES string of the molecule is Cc1cc(Br)cc(S(N)(=O)=O)c1OCC1CCC(C)(C)O1. The number of ether oxygens (including phenoxy) is 2. The minimum Gasteiger partial charge on any atom is -0.489 e. The Bertz CT molecular complexity index is 643. The van der Waals surface area contributed by atoms with E-state index in [0.29, 0.717) is 22.4 Å². The van der Waals surface area contributed by atoms with Crippen LogP contribution in [0.15, 0.2) is 21.5 Å². The summed E-state index contributed by atoms with van der Waals surface area (Å²) in [5.41, 5.74) is 0.566. The Balaban J connectivity index is 2.20. The third-order valence-corrected chi connectivity index (χ3v) is 4.85. The van der Waals surface area contributed by atoms with E-state index in [1.54, 1.807) is 13.0 Å². The molecule has 21 heavy (non-hydrogen) atoms. The minimum absolute atomic E-state index is 0.00775. The average molecular weight is 378 g/mol. The molecule has 0 spiro atoms. The van der Waals surface area contributed by atoms with Crippen molar-refractivity contribution in [2.75, 3.05) is 6.61 Å². The van der Waals surface area contributed by atoms with E-state index in [1.165, 1.54) is 6.07 Å². The van der Waals surface area contributed by atoms with Gasteiger partial charge in [0.25, 0.3) is 0 Å². The quantitative estimate of drug-likeness (QED) is 0.874. The number of hydrogen-bond donors (Lipinski definition) is 1. The summed E-state index contributed by atoms with van der Waals surface area (Å²) in [6, 6.07) is 3.25. The molecule has 1 heterocycles. The van der Waals surface area contributed by atoms with Crippen LogP contribution in [-0.4, -0.2) is 26.7 Å². The van der Waals surface area contributed by atoms with E-state index in [2.05, 4.69) is 15.9 Å². The van der Waals surface area contributed by atoms with Gasteiger partial charge in [-0.25, -0.2) is 13.6 Å². The smallest absolute Gasteiger partial charge is 0.241 e. The van der Waals surface area contributed by atoms with Crippen molar-refractivity contribution < 1.29 is 17.9 Å². The Morgan fingerprint density at radius 2 is 2.14 bits per heavy atom. The van der Waals surface area contributed by atoms with E-state index >= 15 is 0 Å². The number of benzene rings is 1. The number of halogens is 1. The molecule has 2 N–H and O–H groups in total. The second-order valence-corrected chi connectivity index (χ2v) is 8.39. The van der Waals surface area contributed by atoms with Crippen LogP contribution in [0.5, 0.6) is 5.75 Å². The number of aryl methyl sites for hydroxylation is 1. The largest absolute Gasteiger partial charge is 0.489 e. The molecule has 1 aromatic rings. The van der Waals surface area contributed by atoms with Gasteiger partial charge in [0.15, 0.2) is 0 Å². The van der Waals surface area contributed by atoms with Crippen molar-refractivity contribution in [2.45, 2.75) is 50.2 Å². The standard InChI is InChI=1S/C14H20BrNO4S/c1-9-6-10(15)7-12(21(16,17)18)13(9)19-8-11-4-5-14(2,3)20-11/h6-7,11H,4-5,8H2,1-3H3,(H2,16,17,18). The summed E-state index contributed by atoms with van der Waals surface area (Å²) in [6.07, 6.45) is 1.83. The molecular weight excluding hydrogens is 358 g/mol. The average Bonchev–Trinajstić information content (AvgIpc) is 2.65.